The Balaban J connectivity index is 1.44. The Morgan fingerprint density at radius 1 is 1.09 bits per heavy atom. The number of likely N-dealkylation sites (N-methyl/N-ethyl adjacent to an activating group) is 1. The van der Waals surface area contributed by atoms with Gasteiger partial charge in [-0.2, -0.15) is 0 Å². The van der Waals surface area contributed by atoms with Gasteiger partial charge in [0.2, 0.25) is 3.79 Å². The van der Waals surface area contributed by atoms with E-state index in [0.717, 1.165) is 41.8 Å². The van der Waals surface area contributed by atoms with Gasteiger partial charge in [-0.15, -0.1) is 0 Å². The van der Waals surface area contributed by atoms with E-state index >= 15 is 0 Å². The molecule has 7 nitrogen and oxygen atoms in total. The molecule has 2 aliphatic carbocycles. The molecule has 3 atom stereocenters. The van der Waals surface area contributed by atoms with Crippen LogP contribution in [0, 0.1) is 6.92 Å². The van der Waals surface area contributed by atoms with Crippen LogP contribution in [-0.2, 0) is 40.7 Å². The Labute approximate surface area is 273 Å². The van der Waals surface area contributed by atoms with Crippen LogP contribution in [0.3, 0.4) is 0 Å². The number of ether oxygens (including phenoxy) is 2. The largest absolute Gasteiger partial charge is 0.509 e. The van der Waals surface area contributed by atoms with Crippen molar-refractivity contribution >= 4 is 46.9 Å². The molecular formula is C34H38Cl3N3O4. The molecule has 0 saturated carbocycles. The summed E-state index contributed by atoms with van der Waals surface area (Å²) >= 11 is 17.7. The lowest BCUT2D eigenvalue weighted by Crippen LogP contribution is -2.75. The van der Waals surface area contributed by atoms with E-state index in [2.05, 4.69) is 35.1 Å². The molecule has 44 heavy (non-hydrogen) atoms. The lowest BCUT2D eigenvalue weighted by Gasteiger charge is -2.63. The van der Waals surface area contributed by atoms with Gasteiger partial charge in [0.15, 0.2) is 0 Å². The second-order valence-corrected chi connectivity index (χ2v) is 15.3. The molecule has 1 amide bonds. The molecule has 1 aliphatic heterocycles. The first-order chi connectivity index (χ1) is 20.8. The number of nitrogens with zero attached hydrogens (tertiary/aromatic N) is 2. The van der Waals surface area contributed by atoms with E-state index < -0.39 is 27.6 Å². The van der Waals surface area contributed by atoms with Gasteiger partial charge in [0.05, 0.1) is 6.04 Å². The highest BCUT2D eigenvalue weighted by atomic mass is 35.6. The summed E-state index contributed by atoms with van der Waals surface area (Å²) in [4.78, 5) is 35.4. The van der Waals surface area contributed by atoms with Crippen LogP contribution in [-0.4, -0.2) is 68.5 Å². The van der Waals surface area contributed by atoms with Crippen LogP contribution < -0.4 is 0 Å². The van der Waals surface area contributed by atoms with Gasteiger partial charge in [-0.1, -0.05) is 89.4 Å². The number of fused-ring (bicyclic) bond motifs is 2. The molecular weight excluding hydrogens is 621 g/mol. The molecule has 0 unspecified atom stereocenters. The summed E-state index contributed by atoms with van der Waals surface area (Å²) in [6.45, 7) is 6.99. The second kappa shape index (κ2) is 11.6. The van der Waals surface area contributed by atoms with Crippen LogP contribution in [0.5, 0.6) is 0 Å². The first kappa shape index (κ1) is 31.3. The number of hydrogen-bond donors (Lipinski definition) is 1. The molecule has 10 heteroatoms. The lowest BCUT2D eigenvalue weighted by atomic mass is 9.49. The van der Waals surface area contributed by atoms with Gasteiger partial charge in [-0.25, -0.2) is 4.79 Å². The lowest BCUT2D eigenvalue weighted by molar-refractivity contribution is -0.161. The molecule has 0 spiro atoms. The van der Waals surface area contributed by atoms with Crippen molar-refractivity contribution in [1.82, 2.24) is 14.8 Å². The fourth-order valence-electron chi connectivity index (χ4n) is 7.89. The van der Waals surface area contributed by atoms with Gasteiger partial charge in [-0.3, -0.25) is 9.69 Å². The van der Waals surface area contributed by atoms with Crippen molar-refractivity contribution in [2.75, 3.05) is 20.2 Å². The zero-order valence-electron chi connectivity index (χ0n) is 25.5. The number of piperidine rings is 1. The van der Waals surface area contributed by atoms with Crippen molar-refractivity contribution in [3.8, 4) is 0 Å². The van der Waals surface area contributed by atoms with Gasteiger partial charge in [0, 0.05) is 36.5 Å². The maximum atomic E-state index is 14.2. The number of amides is 1. The number of aromatic nitrogens is 1. The minimum atomic E-state index is -1.76. The van der Waals surface area contributed by atoms with Crippen LogP contribution in [0.1, 0.15) is 64.3 Å². The Morgan fingerprint density at radius 3 is 2.50 bits per heavy atom. The maximum absolute atomic E-state index is 14.2. The minimum absolute atomic E-state index is 0.00860. The Hall–Kier alpha value is -2.71. The number of nitrogens with one attached hydrogen (secondary N) is 1. The van der Waals surface area contributed by atoms with E-state index in [0.29, 0.717) is 25.1 Å². The number of carbonyl (C=O) groups is 2. The highest BCUT2D eigenvalue weighted by molar-refractivity contribution is 6.67. The number of carbonyl (C=O) groups excluding carboxylic acids is 2. The number of benzene rings is 2. The average molecular weight is 659 g/mol. The van der Waals surface area contributed by atoms with Crippen molar-refractivity contribution in [3.63, 3.8) is 0 Å². The van der Waals surface area contributed by atoms with E-state index in [1.165, 1.54) is 11.1 Å². The predicted molar refractivity (Wildman–Crippen MR) is 173 cm³/mol. The quantitative estimate of drug-likeness (QED) is 0.230. The number of aromatic amines is 1. The van der Waals surface area contributed by atoms with Crippen LogP contribution in [0.25, 0.3) is 0 Å². The first-order valence-corrected chi connectivity index (χ1v) is 16.2. The molecule has 1 fully saturated rings. The molecule has 0 radical (unpaired) electrons. The van der Waals surface area contributed by atoms with E-state index in [1.54, 1.807) is 0 Å². The zero-order valence-corrected chi connectivity index (χ0v) is 27.7. The summed E-state index contributed by atoms with van der Waals surface area (Å²) in [5, 5.41) is 0. The summed E-state index contributed by atoms with van der Waals surface area (Å²) in [5.41, 5.74) is 5.50. The van der Waals surface area contributed by atoms with E-state index in [1.807, 2.05) is 62.1 Å². The molecule has 2 bridgehead atoms. The minimum Gasteiger partial charge on any atom is -0.430 e. The van der Waals surface area contributed by atoms with Crippen molar-refractivity contribution in [1.29, 1.82) is 0 Å². The van der Waals surface area contributed by atoms with Gasteiger partial charge < -0.3 is 19.4 Å². The summed E-state index contributed by atoms with van der Waals surface area (Å²) in [6.07, 6.45) is 1.65. The smallest absolute Gasteiger partial charge is 0.430 e. The van der Waals surface area contributed by atoms with Gasteiger partial charge in [0.1, 0.15) is 17.9 Å². The van der Waals surface area contributed by atoms with E-state index in [9.17, 15) is 9.59 Å². The number of alkyl halides is 3. The summed E-state index contributed by atoms with van der Waals surface area (Å²) in [6, 6.07) is 18.3. The van der Waals surface area contributed by atoms with Crippen molar-refractivity contribution < 1.29 is 19.1 Å². The van der Waals surface area contributed by atoms with E-state index in [-0.39, 0.29) is 18.0 Å². The first-order valence-electron chi connectivity index (χ1n) is 15.1. The molecule has 2 heterocycles. The number of H-pyrrole nitrogens is 1. The second-order valence-electron chi connectivity index (χ2n) is 12.8. The van der Waals surface area contributed by atoms with E-state index in [4.69, 9.17) is 44.3 Å². The SMILES string of the molecule is Cc1c(C(=O)N(Cc2ccccc2)C(C)C)[nH]c2c1C[C@@]1(OC(=O)OCC(Cl)(Cl)Cl)[C@@H]3Cc4ccccc4[C@]1(CCN3C)C2. The molecule has 1 saturated heterocycles. The van der Waals surface area contributed by atoms with Gasteiger partial charge >= 0.3 is 6.16 Å². The van der Waals surface area contributed by atoms with Gasteiger partial charge in [-0.05, 0) is 75.0 Å². The van der Waals surface area contributed by atoms with Crippen LogP contribution >= 0.6 is 34.8 Å². The molecule has 6 rings (SSSR count). The van der Waals surface area contributed by atoms with Crippen LogP contribution in [0.15, 0.2) is 54.6 Å². The van der Waals surface area contributed by atoms with Crippen molar-refractivity contribution in [2.45, 2.75) is 79.9 Å². The highest BCUT2D eigenvalue weighted by Gasteiger charge is 2.67. The normalized spacial score (nSPS) is 24.2. The van der Waals surface area contributed by atoms with Gasteiger partial charge in [0.25, 0.3) is 5.91 Å². The molecule has 1 aromatic heterocycles. The monoisotopic (exact) mass is 657 g/mol. The fourth-order valence-corrected chi connectivity index (χ4v) is 8.05. The molecule has 3 aromatic rings. The standard InChI is InChI=1S/C34H38Cl3N3O4/c1-21(2)40(19-23-10-6-5-7-11-23)30(41)29-22(3)25-17-33(44-31(42)43-20-34(35,36)37)28-16-24-12-8-9-13-26(24)32(33,14-15-39(28)4)18-27(25)38-29/h5-13,21,28,38H,14-20H2,1-4H3/t28-,32-,33+/m0/s1. The Bertz CT molecular complexity index is 1570. The predicted octanol–water partition coefficient (Wildman–Crippen LogP) is 6.93. The Kier molecular flexibility index (Phi) is 8.23. The number of likely N-dealkylation sites (tertiary alicyclic amines) is 1. The third-order valence-corrected chi connectivity index (χ3v) is 10.3. The third kappa shape index (κ3) is 5.30. The number of rotatable bonds is 6. The van der Waals surface area contributed by atoms with Crippen LogP contribution in [0.2, 0.25) is 0 Å². The van der Waals surface area contributed by atoms with Crippen molar-refractivity contribution in [2.24, 2.45) is 0 Å². The summed E-state index contributed by atoms with van der Waals surface area (Å²) in [5.74, 6) is -0.0474. The topological polar surface area (TPSA) is 74.9 Å². The molecule has 2 aromatic carbocycles. The highest BCUT2D eigenvalue weighted by Crippen LogP contribution is 2.59. The summed E-state index contributed by atoms with van der Waals surface area (Å²) in [7, 11) is 2.08. The average Bonchev–Trinajstić information content (AvgIpc) is 3.29. The fraction of sp³-hybridized carbons (Fsp3) is 0.471. The van der Waals surface area contributed by atoms with Crippen molar-refractivity contribution in [3.05, 3.63) is 93.8 Å². The maximum Gasteiger partial charge on any atom is 0.509 e. The Morgan fingerprint density at radius 2 is 1.80 bits per heavy atom. The molecule has 3 aliphatic rings. The number of hydrogen-bond acceptors (Lipinski definition) is 5. The van der Waals surface area contributed by atoms with Crippen LogP contribution in [0.4, 0.5) is 4.79 Å². The molecule has 234 valence electrons. The number of halogens is 3. The third-order valence-electron chi connectivity index (χ3n) is 10.0. The molecule has 1 N–H and O–H groups in total. The summed E-state index contributed by atoms with van der Waals surface area (Å²) < 4.78 is 10.1. The zero-order chi connectivity index (χ0) is 31.4.